The largest absolute Gasteiger partial charge is 0.564 e. The zero-order chi connectivity index (χ0) is 7.12. The van der Waals surface area contributed by atoms with Crippen LogP contribution in [0.3, 0.4) is 0 Å². The van der Waals surface area contributed by atoms with Gasteiger partial charge >= 0.3 is 0 Å². The molecule has 4 heteroatoms. The highest BCUT2D eigenvalue weighted by atomic mass is 32.2. The Balaban J connectivity index is 2.85. The molecule has 1 aliphatic carbocycles. The Morgan fingerprint density at radius 3 is 2.00 bits per heavy atom. The summed E-state index contributed by atoms with van der Waals surface area (Å²) in [5, 5.41) is 6.77. The van der Waals surface area contributed by atoms with E-state index in [0.717, 1.165) is 0 Å². The van der Waals surface area contributed by atoms with Gasteiger partial charge in [-0.2, -0.15) is 0 Å². The molecule has 1 saturated carbocycles. The van der Waals surface area contributed by atoms with Crippen LogP contribution in [0.15, 0.2) is 0 Å². The van der Waals surface area contributed by atoms with Gasteiger partial charge in [0.15, 0.2) is 0 Å². The molecular weight excluding hydrogens is 138 g/mol. The van der Waals surface area contributed by atoms with Gasteiger partial charge in [-0.1, -0.05) is 6.92 Å². The first-order chi connectivity index (χ1) is 4.02. The maximum Gasteiger partial charge on any atom is 0.0757 e. The molecule has 0 aliphatic heterocycles. The predicted molar refractivity (Wildman–Crippen MR) is 35.5 cm³/mol. The van der Waals surface area contributed by atoms with Gasteiger partial charge < -0.3 is 5.14 Å². The first-order valence-electron chi connectivity index (χ1n) is 3.01. The zero-order valence-corrected chi connectivity index (χ0v) is 6.16. The molecule has 1 N–H and O–H groups in total. The number of hydrogen-bond donors (Lipinski definition) is 0. The number of hydrogen-bond acceptors (Lipinski definition) is 2. The molecule has 0 aromatic rings. The topological polar surface area (TPSA) is 57.9 Å². The Labute approximate surface area is 55.3 Å². The number of sulfonamides is 1. The number of rotatable bonds is 2. The van der Waals surface area contributed by atoms with Crippen molar-refractivity contribution in [2.45, 2.75) is 30.9 Å². The molecule has 0 spiro atoms. The molecule has 0 radical (unpaired) electrons. The molecule has 54 valence electrons. The van der Waals surface area contributed by atoms with E-state index in [-0.39, 0.29) is 0 Å². The van der Waals surface area contributed by atoms with Crippen LogP contribution in [0.25, 0.3) is 5.14 Å². The van der Waals surface area contributed by atoms with Crippen molar-refractivity contribution in [2.75, 3.05) is 0 Å². The van der Waals surface area contributed by atoms with Crippen LogP contribution >= 0.6 is 0 Å². The van der Waals surface area contributed by atoms with Crippen LogP contribution in [0.1, 0.15) is 26.2 Å². The molecule has 1 aliphatic rings. The standard InChI is InChI=1S/C5H10NO2S/c1-2-5(3-4-5)9(6,7)8/h2-4H2,1H3,(H-,6,7,8)/q-1. The summed E-state index contributed by atoms with van der Waals surface area (Å²) in [5.41, 5.74) is 0. The van der Waals surface area contributed by atoms with Gasteiger partial charge in [0.05, 0.1) is 14.8 Å². The summed E-state index contributed by atoms with van der Waals surface area (Å²) >= 11 is 0. The molecule has 1 fully saturated rings. The Bertz CT molecular complexity index is 203. The Morgan fingerprint density at radius 2 is 2.00 bits per heavy atom. The lowest BCUT2D eigenvalue weighted by atomic mass is 10.3. The SMILES string of the molecule is CCC1(S([NH-])(=O)=O)CC1. The van der Waals surface area contributed by atoms with E-state index in [1.165, 1.54) is 0 Å². The summed E-state index contributed by atoms with van der Waals surface area (Å²) in [6.45, 7) is 1.82. The normalized spacial score (nSPS) is 23.8. The van der Waals surface area contributed by atoms with Gasteiger partial charge in [0.1, 0.15) is 0 Å². The molecule has 9 heavy (non-hydrogen) atoms. The summed E-state index contributed by atoms with van der Waals surface area (Å²) in [5.74, 6) is 0. The van der Waals surface area contributed by atoms with Crippen LogP contribution in [0, 0.1) is 0 Å². The molecule has 0 aromatic heterocycles. The molecule has 0 unspecified atom stereocenters. The van der Waals surface area contributed by atoms with Crippen molar-refractivity contribution < 1.29 is 8.42 Å². The smallest absolute Gasteiger partial charge is 0.0757 e. The third-order valence-electron chi connectivity index (χ3n) is 2.02. The second kappa shape index (κ2) is 1.70. The van der Waals surface area contributed by atoms with E-state index in [2.05, 4.69) is 0 Å². The van der Waals surface area contributed by atoms with Gasteiger partial charge in [-0.05, 0) is 19.3 Å². The van der Waals surface area contributed by atoms with Gasteiger partial charge in [-0.3, -0.25) is 0 Å². The lowest BCUT2D eigenvalue weighted by Crippen LogP contribution is -2.17. The molecule has 0 saturated heterocycles. The quantitative estimate of drug-likeness (QED) is 0.592. The van der Waals surface area contributed by atoms with Crippen molar-refractivity contribution in [2.24, 2.45) is 0 Å². The van der Waals surface area contributed by atoms with Crippen LogP contribution < -0.4 is 0 Å². The summed E-state index contributed by atoms with van der Waals surface area (Å²) in [6, 6.07) is 0. The Morgan fingerprint density at radius 1 is 1.56 bits per heavy atom. The minimum atomic E-state index is -3.49. The summed E-state index contributed by atoms with van der Waals surface area (Å²) in [7, 11) is -3.49. The minimum Gasteiger partial charge on any atom is -0.564 e. The van der Waals surface area contributed by atoms with E-state index < -0.39 is 14.8 Å². The Kier molecular flexibility index (Phi) is 1.33. The molecule has 0 heterocycles. The van der Waals surface area contributed by atoms with Crippen molar-refractivity contribution in [1.29, 1.82) is 0 Å². The van der Waals surface area contributed by atoms with Crippen molar-refractivity contribution in [3.63, 3.8) is 0 Å². The first-order valence-corrected chi connectivity index (χ1v) is 4.49. The average Bonchev–Trinajstić information content (AvgIpc) is 2.40. The minimum absolute atomic E-state index is 0.596. The van der Waals surface area contributed by atoms with Crippen LogP contribution in [-0.2, 0) is 10.0 Å². The average molecular weight is 148 g/mol. The monoisotopic (exact) mass is 148 g/mol. The highest BCUT2D eigenvalue weighted by Gasteiger charge is 2.46. The molecule has 1 rings (SSSR count). The zero-order valence-electron chi connectivity index (χ0n) is 5.35. The Hall–Kier alpha value is -0.0900. The third kappa shape index (κ3) is 0.966. The highest BCUT2D eigenvalue weighted by Crippen LogP contribution is 2.46. The fourth-order valence-electron chi connectivity index (χ4n) is 0.952. The summed E-state index contributed by atoms with van der Waals surface area (Å²) in [4.78, 5) is 0. The van der Waals surface area contributed by atoms with Gasteiger partial charge in [0, 0.05) is 0 Å². The van der Waals surface area contributed by atoms with Crippen LogP contribution in [0.5, 0.6) is 0 Å². The van der Waals surface area contributed by atoms with Crippen LogP contribution in [0.4, 0.5) is 0 Å². The maximum atomic E-state index is 10.6. The molecule has 0 amide bonds. The first kappa shape index (κ1) is 7.02. The summed E-state index contributed by atoms with van der Waals surface area (Å²) in [6.07, 6.45) is 1.98. The predicted octanol–water partition coefficient (Wildman–Crippen LogP) is 1.31. The fourth-order valence-corrected chi connectivity index (χ4v) is 1.97. The number of nitrogens with one attached hydrogen (secondary N) is 1. The molecular formula is C5H10NO2S-. The fraction of sp³-hybridized carbons (Fsp3) is 1.00. The van der Waals surface area contributed by atoms with E-state index in [4.69, 9.17) is 5.14 Å². The molecule has 0 bridgehead atoms. The van der Waals surface area contributed by atoms with Gasteiger partial charge in [0.2, 0.25) is 0 Å². The van der Waals surface area contributed by atoms with Crippen LogP contribution in [0.2, 0.25) is 0 Å². The second-order valence-electron chi connectivity index (χ2n) is 2.54. The van der Waals surface area contributed by atoms with Gasteiger partial charge in [0.25, 0.3) is 0 Å². The van der Waals surface area contributed by atoms with E-state index >= 15 is 0 Å². The maximum absolute atomic E-state index is 10.6. The van der Waals surface area contributed by atoms with Gasteiger partial charge in [-0.15, -0.1) is 0 Å². The third-order valence-corrected chi connectivity index (χ3v) is 3.86. The van der Waals surface area contributed by atoms with Crippen LogP contribution in [-0.4, -0.2) is 13.2 Å². The van der Waals surface area contributed by atoms with Crippen molar-refractivity contribution >= 4 is 10.0 Å². The van der Waals surface area contributed by atoms with Gasteiger partial charge in [-0.25, -0.2) is 8.42 Å². The molecule has 0 atom stereocenters. The van der Waals surface area contributed by atoms with E-state index in [1.54, 1.807) is 0 Å². The molecule has 3 nitrogen and oxygen atoms in total. The highest BCUT2D eigenvalue weighted by molar-refractivity contribution is 7.94. The summed E-state index contributed by atoms with van der Waals surface area (Å²) < 4.78 is 20.6. The van der Waals surface area contributed by atoms with Crippen molar-refractivity contribution in [3.05, 3.63) is 5.14 Å². The van der Waals surface area contributed by atoms with E-state index in [9.17, 15) is 8.42 Å². The molecule has 0 aromatic carbocycles. The van der Waals surface area contributed by atoms with E-state index in [0.29, 0.717) is 19.3 Å². The van der Waals surface area contributed by atoms with Crippen molar-refractivity contribution in [1.82, 2.24) is 0 Å². The van der Waals surface area contributed by atoms with E-state index in [1.807, 2.05) is 6.92 Å². The lowest BCUT2D eigenvalue weighted by molar-refractivity contribution is 0.582. The lowest BCUT2D eigenvalue weighted by Gasteiger charge is -2.14. The second-order valence-corrected chi connectivity index (χ2v) is 4.41. The van der Waals surface area contributed by atoms with Crippen molar-refractivity contribution in [3.8, 4) is 0 Å².